The number of nitrogens with zero attached hydrogens (tertiary/aromatic N) is 1. The quantitative estimate of drug-likeness (QED) is 0.630. The van der Waals surface area contributed by atoms with Gasteiger partial charge in [-0.2, -0.15) is 8.78 Å². The highest BCUT2D eigenvalue weighted by atomic mass is 19.3. The van der Waals surface area contributed by atoms with Gasteiger partial charge in [0.05, 0.1) is 6.04 Å². The van der Waals surface area contributed by atoms with Crippen molar-refractivity contribution in [2.24, 2.45) is 5.84 Å². The van der Waals surface area contributed by atoms with Gasteiger partial charge in [0, 0.05) is 23.9 Å². The molecule has 6 heteroatoms. The number of alkyl halides is 2. The highest BCUT2D eigenvalue weighted by molar-refractivity contribution is 5.36. The highest BCUT2D eigenvalue weighted by Gasteiger charge is 2.17. The molecule has 1 heterocycles. The van der Waals surface area contributed by atoms with Crippen LogP contribution in [0.5, 0.6) is 5.75 Å². The molecular weight excluding hydrogens is 264 g/mol. The average molecular weight is 279 g/mol. The number of nitrogens with two attached hydrogens (primary N) is 1. The number of para-hydroxylation sites is 1. The Morgan fingerprint density at radius 3 is 2.55 bits per heavy atom. The third-order valence-electron chi connectivity index (χ3n) is 2.85. The smallest absolute Gasteiger partial charge is 0.387 e. The van der Waals surface area contributed by atoms with E-state index in [-0.39, 0.29) is 11.8 Å². The molecule has 106 valence electrons. The molecule has 20 heavy (non-hydrogen) atoms. The van der Waals surface area contributed by atoms with Gasteiger partial charge < -0.3 is 4.74 Å². The molecule has 0 aliphatic rings. The number of hydrazine groups is 1. The second-order valence-electron chi connectivity index (χ2n) is 4.16. The topological polar surface area (TPSA) is 60.2 Å². The highest BCUT2D eigenvalue weighted by Crippen LogP contribution is 2.28. The van der Waals surface area contributed by atoms with Crippen LogP contribution in [0, 0.1) is 0 Å². The Kier molecular flexibility index (Phi) is 4.97. The van der Waals surface area contributed by atoms with Crippen molar-refractivity contribution in [2.45, 2.75) is 19.1 Å². The van der Waals surface area contributed by atoms with E-state index in [2.05, 4.69) is 15.1 Å². The van der Waals surface area contributed by atoms with Crippen molar-refractivity contribution in [3.63, 3.8) is 0 Å². The van der Waals surface area contributed by atoms with Crippen LogP contribution >= 0.6 is 0 Å². The lowest BCUT2D eigenvalue weighted by Crippen LogP contribution is -2.30. The summed E-state index contributed by atoms with van der Waals surface area (Å²) in [5, 5.41) is 0. The zero-order valence-corrected chi connectivity index (χ0v) is 10.7. The van der Waals surface area contributed by atoms with Gasteiger partial charge in [-0.25, -0.2) is 0 Å². The first-order chi connectivity index (χ1) is 9.70. The number of pyridine rings is 1. The van der Waals surface area contributed by atoms with Crippen molar-refractivity contribution in [2.75, 3.05) is 0 Å². The van der Waals surface area contributed by atoms with Gasteiger partial charge in [-0.3, -0.25) is 16.3 Å². The normalized spacial score (nSPS) is 12.4. The third kappa shape index (κ3) is 3.72. The fraction of sp³-hybridized carbons (Fsp3) is 0.214. The van der Waals surface area contributed by atoms with Gasteiger partial charge >= 0.3 is 6.61 Å². The third-order valence-corrected chi connectivity index (χ3v) is 2.85. The molecule has 0 amide bonds. The summed E-state index contributed by atoms with van der Waals surface area (Å²) >= 11 is 0. The molecule has 0 aliphatic heterocycles. The van der Waals surface area contributed by atoms with Crippen LogP contribution in [-0.4, -0.2) is 11.6 Å². The average Bonchev–Trinajstić information content (AvgIpc) is 2.46. The van der Waals surface area contributed by atoms with Crippen molar-refractivity contribution in [3.8, 4) is 5.75 Å². The minimum absolute atomic E-state index is 0.112. The van der Waals surface area contributed by atoms with E-state index in [1.54, 1.807) is 24.4 Å². The summed E-state index contributed by atoms with van der Waals surface area (Å²) in [7, 11) is 0. The summed E-state index contributed by atoms with van der Waals surface area (Å²) in [5.41, 5.74) is 3.99. The molecule has 1 aromatic heterocycles. The molecule has 1 unspecified atom stereocenters. The Morgan fingerprint density at radius 2 is 1.90 bits per heavy atom. The number of hydrogen-bond acceptors (Lipinski definition) is 4. The first kappa shape index (κ1) is 14.4. The van der Waals surface area contributed by atoms with E-state index in [1.165, 1.54) is 6.07 Å². The molecule has 1 atom stereocenters. The molecule has 0 aliphatic carbocycles. The van der Waals surface area contributed by atoms with Crippen molar-refractivity contribution in [3.05, 3.63) is 59.9 Å². The second kappa shape index (κ2) is 6.93. The summed E-state index contributed by atoms with van der Waals surface area (Å²) in [4.78, 5) is 4.20. The molecule has 1 aromatic carbocycles. The first-order valence-corrected chi connectivity index (χ1v) is 6.10. The van der Waals surface area contributed by atoms with Crippen LogP contribution in [0.25, 0.3) is 0 Å². The monoisotopic (exact) mass is 279 g/mol. The predicted molar refractivity (Wildman–Crippen MR) is 71.1 cm³/mol. The van der Waals surface area contributed by atoms with E-state index in [0.29, 0.717) is 12.0 Å². The minimum Gasteiger partial charge on any atom is -0.434 e. The molecule has 0 saturated carbocycles. The zero-order chi connectivity index (χ0) is 14.4. The molecule has 2 rings (SSSR count). The van der Waals surface area contributed by atoms with Crippen LogP contribution in [0.1, 0.15) is 17.3 Å². The lowest BCUT2D eigenvalue weighted by molar-refractivity contribution is -0.0507. The zero-order valence-electron chi connectivity index (χ0n) is 10.7. The van der Waals surface area contributed by atoms with Crippen molar-refractivity contribution in [1.29, 1.82) is 0 Å². The van der Waals surface area contributed by atoms with Gasteiger partial charge in [0.25, 0.3) is 0 Å². The maximum absolute atomic E-state index is 12.4. The van der Waals surface area contributed by atoms with Gasteiger partial charge in [0.2, 0.25) is 0 Å². The van der Waals surface area contributed by atoms with Crippen molar-refractivity contribution < 1.29 is 13.5 Å². The van der Waals surface area contributed by atoms with Gasteiger partial charge in [-0.05, 0) is 18.2 Å². The van der Waals surface area contributed by atoms with Crippen LogP contribution in [0.3, 0.4) is 0 Å². The molecule has 2 aromatic rings. The Balaban J connectivity index is 2.23. The van der Waals surface area contributed by atoms with E-state index in [1.807, 2.05) is 18.2 Å². The van der Waals surface area contributed by atoms with E-state index >= 15 is 0 Å². The summed E-state index contributed by atoms with van der Waals surface area (Å²) in [6.07, 6.45) is 2.14. The van der Waals surface area contributed by atoms with Gasteiger partial charge in [0.15, 0.2) is 0 Å². The molecular formula is C14H15F2N3O. The van der Waals surface area contributed by atoms with Crippen LogP contribution in [0.15, 0.2) is 48.7 Å². The van der Waals surface area contributed by atoms with Crippen LogP contribution in [-0.2, 0) is 6.42 Å². The molecule has 0 bridgehead atoms. The number of ether oxygens (including phenoxy) is 1. The van der Waals surface area contributed by atoms with E-state index < -0.39 is 6.61 Å². The van der Waals surface area contributed by atoms with E-state index in [9.17, 15) is 8.78 Å². The Morgan fingerprint density at radius 1 is 1.15 bits per heavy atom. The second-order valence-corrected chi connectivity index (χ2v) is 4.16. The summed E-state index contributed by atoms with van der Waals surface area (Å²) < 4.78 is 29.3. The maximum Gasteiger partial charge on any atom is 0.387 e. The SMILES string of the molecule is NNC(Cc1ccccn1)c1ccccc1OC(F)F. The number of benzene rings is 1. The Labute approximate surface area is 115 Å². The summed E-state index contributed by atoms with van der Waals surface area (Å²) in [6, 6.07) is 11.7. The molecule has 0 radical (unpaired) electrons. The first-order valence-electron chi connectivity index (χ1n) is 6.10. The Hall–Kier alpha value is -2.05. The van der Waals surface area contributed by atoms with Gasteiger partial charge in [-0.1, -0.05) is 24.3 Å². The predicted octanol–water partition coefficient (Wildman–Crippen LogP) is 2.43. The lowest BCUT2D eigenvalue weighted by atomic mass is 10.0. The maximum atomic E-state index is 12.4. The molecule has 4 nitrogen and oxygen atoms in total. The van der Waals surface area contributed by atoms with Crippen molar-refractivity contribution >= 4 is 0 Å². The fourth-order valence-electron chi connectivity index (χ4n) is 1.96. The lowest BCUT2D eigenvalue weighted by Gasteiger charge is -2.19. The minimum atomic E-state index is -2.87. The van der Waals surface area contributed by atoms with Crippen molar-refractivity contribution in [1.82, 2.24) is 10.4 Å². The molecule has 0 saturated heterocycles. The number of aromatic nitrogens is 1. The Bertz CT molecular complexity index is 537. The van der Waals surface area contributed by atoms with Crippen LogP contribution < -0.4 is 16.0 Å². The van der Waals surface area contributed by atoms with E-state index in [4.69, 9.17) is 5.84 Å². The fourth-order valence-corrected chi connectivity index (χ4v) is 1.96. The van der Waals surface area contributed by atoms with E-state index in [0.717, 1.165) is 5.69 Å². The number of hydrogen-bond donors (Lipinski definition) is 2. The number of rotatable bonds is 6. The molecule has 3 N–H and O–H groups in total. The number of halogens is 2. The molecule has 0 fully saturated rings. The summed E-state index contributed by atoms with van der Waals surface area (Å²) in [6.45, 7) is -2.87. The number of nitrogens with one attached hydrogen (secondary N) is 1. The standard InChI is InChI=1S/C14H15F2N3O/c15-14(16)20-13-7-2-1-6-11(13)12(19-17)9-10-5-3-4-8-18-10/h1-8,12,14,19H,9,17H2. The van der Waals surface area contributed by atoms with Gasteiger partial charge in [0.1, 0.15) is 5.75 Å². The summed E-state index contributed by atoms with van der Waals surface area (Å²) in [5.74, 6) is 5.64. The molecule has 0 spiro atoms. The largest absolute Gasteiger partial charge is 0.434 e. The van der Waals surface area contributed by atoms with Gasteiger partial charge in [-0.15, -0.1) is 0 Å². The van der Waals surface area contributed by atoms with Crippen LogP contribution in [0.4, 0.5) is 8.78 Å². The van der Waals surface area contributed by atoms with Crippen LogP contribution in [0.2, 0.25) is 0 Å².